The van der Waals surface area contributed by atoms with Crippen molar-refractivity contribution < 1.29 is 9.53 Å². The average molecular weight is 314 g/mol. The third-order valence-electron chi connectivity index (χ3n) is 2.87. The molecule has 0 unspecified atom stereocenters. The van der Waals surface area contributed by atoms with Gasteiger partial charge in [-0.2, -0.15) is 0 Å². The molecule has 122 valence electrons. The van der Waals surface area contributed by atoms with Crippen LogP contribution in [0.5, 0.6) is 0 Å². The van der Waals surface area contributed by atoms with Gasteiger partial charge in [0.05, 0.1) is 17.6 Å². The molecule has 0 saturated carbocycles. The lowest BCUT2D eigenvalue weighted by atomic mass is 10.2. The van der Waals surface area contributed by atoms with Gasteiger partial charge in [0.2, 0.25) is 0 Å². The summed E-state index contributed by atoms with van der Waals surface area (Å²) in [4.78, 5) is 16.0. The van der Waals surface area contributed by atoms with Crippen LogP contribution < -0.4 is 16.4 Å². The first-order valence-corrected chi connectivity index (χ1v) is 7.37. The summed E-state index contributed by atoms with van der Waals surface area (Å²) in [6.45, 7) is 6.03. The molecular weight excluding hydrogens is 292 g/mol. The maximum atomic E-state index is 11.7. The summed E-state index contributed by atoms with van der Waals surface area (Å²) < 4.78 is 5.18. The third-order valence-corrected chi connectivity index (χ3v) is 2.87. The number of nitrogens with two attached hydrogens (primary N) is 1. The van der Waals surface area contributed by atoms with Crippen molar-refractivity contribution in [3.05, 3.63) is 48.2 Å². The van der Waals surface area contributed by atoms with Crippen molar-refractivity contribution in [1.82, 2.24) is 4.98 Å². The summed E-state index contributed by atoms with van der Waals surface area (Å²) in [5.41, 5.74) is 7.49. The molecule has 0 atom stereocenters. The molecule has 2 rings (SSSR count). The second-order valence-corrected chi connectivity index (χ2v) is 6.13. The summed E-state index contributed by atoms with van der Waals surface area (Å²) in [6.07, 6.45) is 0.997. The lowest BCUT2D eigenvalue weighted by molar-refractivity contribution is 0.0636. The molecular formula is C17H22N4O2. The zero-order chi connectivity index (χ0) is 16.9. The van der Waals surface area contributed by atoms with Crippen molar-refractivity contribution in [3.8, 4) is 0 Å². The van der Waals surface area contributed by atoms with E-state index in [0.717, 1.165) is 5.56 Å². The highest BCUT2D eigenvalue weighted by molar-refractivity contribution is 5.86. The van der Waals surface area contributed by atoms with E-state index in [-0.39, 0.29) is 0 Å². The molecule has 0 saturated heterocycles. The molecule has 2 aromatic rings. The molecule has 0 bridgehead atoms. The van der Waals surface area contributed by atoms with Gasteiger partial charge in [-0.3, -0.25) is 5.32 Å². The van der Waals surface area contributed by atoms with Gasteiger partial charge in [-0.1, -0.05) is 30.3 Å². The van der Waals surface area contributed by atoms with Crippen LogP contribution in [0.1, 0.15) is 26.3 Å². The minimum absolute atomic E-state index is 0.453. The van der Waals surface area contributed by atoms with Gasteiger partial charge < -0.3 is 15.8 Å². The molecule has 1 heterocycles. The number of rotatable bonds is 4. The number of nitrogens with zero attached hydrogens (tertiary/aromatic N) is 1. The summed E-state index contributed by atoms with van der Waals surface area (Å²) in [7, 11) is 0. The minimum atomic E-state index is -0.555. The van der Waals surface area contributed by atoms with Crippen LogP contribution in [0.3, 0.4) is 0 Å². The van der Waals surface area contributed by atoms with E-state index in [9.17, 15) is 4.79 Å². The fourth-order valence-electron chi connectivity index (χ4n) is 1.90. The van der Waals surface area contributed by atoms with E-state index in [4.69, 9.17) is 10.5 Å². The largest absolute Gasteiger partial charge is 0.444 e. The second-order valence-electron chi connectivity index (χ2n) is 6.13. The standard InChI is InChI=1S/C17H22N4O2/c1-17(2,3)23-16(22)21-13-9-14(18)15(20-11-13)19-10-12-7-5-4-6-8-12/h4-9,11H,10,18H2,1-3H3,(H,19,20)(H,21,22). The SMILES string of the molecule is CC(C)(C)OC(=O)Nc1cnc(NCc2ccccc2)c(N)c1. The highest BCUT2D eigenvalue weighted by atomic mass is 16.6. The van der Waals surface area contributed by atoms with E-state index in [1.165, 1.54) is 6.20 Å². The predicted molar refractivity (Wildman–Crippen MR) is 92.3 cm³/mol. The minimum Gasteiger partial charge on any atom is -0.444 e. The number of amides is 1. The monoisotopic (exact) mass is 314 g/mol. The first-order chi connectivity index (χ1) is 10.8. The van der Waals surface area contributed by atoms with Crippen LogP contribution in [0.15, 0.2) is 42.6 Å². The number of carbonyl (C=O) groups is 1. The molecule has 4 N–H and O–H groups in total. The summed E-state index contributed by atoms with van der Waals surface area (Å²) in [6, 6.07) is 11.6. The Morgan fingerprint density at radius 3 is 2.57 bits per heavy atom. The molecule has 0 aliphatic heterocycles. The lowest BCUT2D eigenvalue weighted by Crippen LogP contribution is -2.27. The molecule has 1 aromatic heterocycles. The van der Waals surface area contributed by atoms with E-state index in [2.05, 4.69) is 15.6 Å². The van der Waals surface area contributed by atoms with Gasteiger partial charge >= 0.3 is 6.09 Å². The highest BCUT2D eigenvalue weighted by Crippen LogP contribution is 2.21. The average Bonchev–Trinajstić information content (AvgIpc) is 2.45. The maximum Gasteiger partial charge on any atom is 0.412 e. The number of hydrogen-bond donors (Lipinski definition) is 3. The van der Waals surface area contributed by atoms with Crippen molar-refractivity contribution in [2.45, 2.75) is 32.9 Å². The predicted octanol–water partition coefficient (Wildman–Crippen LogP) is 3.62. The topological polar surface area (TPSA) is 89.3 Å². The van der Waals surface area contributed by atoms with Crippen LogP contribution in [0.2, 0.25) is 0 Å². The highest BCUT2D eigenvalue weighted by Gasteiger charge is 2.16. The summed E-state index contributed by atoms with van der Waals surface area (Å²) in [5, 5.41) is 5.78. The van der Waals surface area contributed by atoms with Gasteiger partial charge in [0.15, 0.2) is 0 Å². The number of carbonyl (C=O) groups excluding carboxylic acids is 1. The van der Waals surface area contributed by atoms with Crippen molar-refractivity contribution in [1.29, 1.82) is 0 Å². The molecule has 0 spiro atoms. The number of nitrogen functional groups attached to an aromatic ring is 1. The van der Waals surface area contributed by atoms with Crippen molar-refractivity contribution in [3.63, 3.8) is 0 Å². The van der Waals surface area contributed by atoms with Gasteiger partial charge in [0.25, 0.3) is 0 Å². The van der Waals surface area contributed by atoms with E-state index in [1.54, 1.807) is 26.8 Å². The van der Waals surface area contributed by atoms with Gasteiger partial charge in [0.1, 0.15) is 11.4 Å². The Morgan fingerprint density at radius 1 is 1.26 bits per heavy atom. The Labute approximate surface area is 136 Å². The maximum absolute atomic E-state index is 11.7. The number of aromatic nitrogens is 1. The van der Waals surface area contributed by atoms with E-state index >= 15 is 0 Å². The van der Waals surface area contributed by atoms with Gasteiger partial charge in [0, 0.05) is 6.54 Å². The lowest BCUT2D eigenvalue weighted by Gasteiger charge is -2.19. The number of hydrogen-bond acceptors (Lipinski definition) is 5. The smallest absolute Gasteiger partial charge is 0.412 e. The molecule has 1 aromatic carbocycles. The number of nitrogens with one attached hydrogen (secondary N) is 2. The Balaban J connectivity index is 1.96. The first-order valence-electron chi connectivity index (χ1n) is 7.37. The van der Waals surface area contributed by atoms with Crippen LogP contribution >= 0.6 is 0 Å². The Kier molecular flexibility index (Phi) is 5.05. The Morgan fingerprint density at radius 2 is 1.96 bits per heavy atom. The van der Waals surface area contributed by atoms with E-state index < -0.39 is 11.7 Å². The number of pyridine rings is 1. The number of benzene rings is 1. The molecule has 6 heteroatoms. The van der Waals surface area contributed by atoms with Crippen LogP contribution in [0.25, 0.3) is 0 Å². The van der Waals surface area contributed by atoms with Crippen LogP contribution in [-0.2, 0) is 11.3 Å². The zero-order valence-corrected chi connectivity index (χ0v) is 13.6. The fraction of sp³-hybridized carbons (Fsp3) is 0.294. The van der Waals surface area contributed by atoms with Crippen LogP contribution in [0.4, 0.5) is 22.0 Å². The normalized spacial score (nSPS) is 10.9. The van der Waals surface area contributed by atoms with Gasteiger partial charge in [-0.15, -0.1) is 0 Å². The van der Waals surface area contributed by atoms with Crippen molar-refractivity contribution >= 4 is 23.3 Å². The summed E-state index contributed by atoms with van der Waals surface area (Å²) in [5.74, 6) is 0.573. The zero-order valence-electron chi connectivity index (χ0n) is 13.6. The van der Waals surface area contributed by atoms with Crippen LogP contribution in [-0.4, -0.2) is 16.7 Å². The molecule has 1 amide bonds. The molecule has 0 radical (unpaired) electrons. The molecule has 0 aliphatic rings. The molecule has 23 heavy (non-hydrogen) atoms. The fourth-order valence-corrected chi connectivity index (χ4v) is 1.90. The molecule has 6 nitrogen and oxygen atoms in total. The number of ether oxygens (including phenoxy) is 1. The van der Waals surface area contributed by atoms with Gasteiger partial charge in [-0.25, -0.2) is 9.78 Å². The summed E-state index contributed by atoms with van der Waals surface area (Å²) >= 11 is 0. The first kappa shape index (κ1) is 16.6. The van der Waals surface area contributed by atoms with Gasteiger partial charge in [-0.05, 0) is 32.4 Å². The molecule has 0 aliphatic carbocycles. The van der Waals surface area contributed by atoms with Crippen molar-refractivity contribution in [2.75, 3.05) is 16.4 Å². The second kappa shape index (κ2) is 7.00. The Hall–Kier alpha value is -2.76. The van der Waals surface area contributed by atoms with Crippen LogP contribution in [0, 0.1) is 0 Å². The Bertz CT molecular complexity index is 666. The van der Waals surface area contributed by atoms with E-state index in [0.29, 0.717) is 23.7 Å². The number of anilines is 3. The molecule has 0 fully saturated rings. The van der Waals surface area contributed by atoms with E-state index in [1.807, 2.05) is 30.3 Å². The third kappa shape index (κ3) is 5.50. The van der Waals surface area contributed by atoms with Crippen molar-refractivity contribution in [2.24, 2.45) is 0 Å². The quantitative estimate of drug-likeness (QED) is 0.802.